The topological polar surface area (TPSA) is 30.0 Å². The summed E-state index contributed by atoms with van der Waals surface area (Å²) < 4.78 is 2.01. The van der Waals surface area contributed by atoms with Gasteiger partial charge in [-0.25, -0.2) is 0 Å². The van der Waals surface area contributed by atoms with Gasteiger partial charge in [-0.3, -0.25) is 0 Å². The Morgan fingerprint density at radius 3 is 2.68 bits per heavy atom. The second-order valence-electron chi connectivity index (χ2n) is 5.27. The van der Waals surface area contributed by atoms with E-state index in [1.807, 2.05) is 24.3 Å². The third-order valence-corrected chi connectivity index (χ3v) is 7.19. The molecule has 3 aromatic rings. The van der Waals surface area contributed by atoms with Gasteiger partial charge in [0.25, 0.3) is 0 Å². The zero-order valence-electron chi connectivity index (χ0n) is 12.0. The van der Waals surface area contributed by atoms with Crippen molar-refractivity contribution >= 4 is 32.0 Å². The normalized spacial score (nSPS) is 13.4. The predicted octanol–water partition coefficient (Wildman–Crippen LogP) is 3.95. The van der Waals surface area contributed by atoms with Crippen molar-refractivity contribution in [1.82, 2.24) is 4.98 Å². The van der Waals surface area contributed by atoms with Gasteiger partial charge < -0.3 is 0 Å². The van der Waals surface area contributed by atoms with Crippen molar-refractivity contribution < 1.29 is 4.79 Å². The number of ketones is 1. The maximum atomic E-state index is 12.8. The molecule has 0 fully saturated rings. The van der Waals surface area contributed by atoms with Gasteiger partial charge in [0.15, 0.2) is 0 Å². The van der Waals surface area contributed by atoms with E-state index < -0.39 is 0 Å². The first-order chi connectivity index (χ1) is 10.7. The van der Waals surface area contributed by atoms with Gasteiger partial charge in [0.1, 0.15) is 0 Å². The molecule has 0 aliphatic carbocycles. The van der Waals surface area contributed by atoms with E-state index in [4.69, 9.17) is 4.98 Å². The molecule has 0 bridgehead atoms. The molecule has 108 valence electrons. The number of benzene rings is 2. The summed E-state index contributed by atoms with van der Waals surface area (Å²) in [5.74, 6) is 0.955. The molecule has 4 heteroatoms. The maximum absolute atomic E-state index is 12.8. The molecule has 2 nitrogen and oxygen atoms in total. The van der Waals surface area contributed by atoms with Crippen molar-refractivity contribution in [2.24, 2.45) is 0 Å². The van der Waals surface area contributed by atoms with Gasteiger partial charge >= 0.3 is 139 Å². The molecule has 0 saturated heterocycles. The van der Waals surface area contributed by atoms with Crippen LogP contribution in [-0.4, -0.2) is 25.3 Å². The molecule has 0 radical (unpaired) electrons. The SMILES string of the molecule is Cc1ccc(-c2nc3c([se]2)C(=O)c2ccccc2SC3)cc1. The molecule has 0 atom stereocenters. The van der Waals surface area contributed by atoms with Crippen LogP contribution < -0.4 is 0 Å². The van der Waals surface area contributed by atoms with E-state index in [0.29, 0.717) is 0 Å². The Morgan fingerprint density at radius 1 is 1.09 bits per heavy atom. The Morgan fingerprint density at radius 2 is 1.86 bits per heavy atom. The molecule has 2 heterocycles. The third-order valence-electron chi connectivity index (χ3n) is 3.70. The molecule has 4 rings (SSSR count). The fourth-order valence-electron chi connectivity index (χ4n) is 2.50. The molecule has 1 aliphatic heterocycles. The number of carbonyl (C=O) groups excluding carboxylic acids is 1. The van der Waals surface area contributed by atoms with Crippen LogP contribution in [0.25, 0.3) is 10.1 Å². The Labute approximate surface area is 139 Å². The second-order valence-corrected chi connectivity index (χ2v) is 8.39. The predicted molar refractivity (Wildman–Crippen MR) is 90.8 cm³/mol. The third kappa shape index (κ3) is 2.37. The summed E-state index contributed by atoms with van der Waals surface area (Å²) in [4.78, 5) is 18.7. The number of aromatic nitrogens is 1. The minimum atomic E-state index is -0.000311. The average Bonchev–Trinajstić information content (AvgIpc) is 2.92. The zero-order chi connectivity index (χ0) is 15.1. The van der Waals surface area contributed by atoms with E-state index in [2.05, 4.69) is 31.2 Å². The standard InChI is InChI=1S/C18H13NOSSe/c1-11-6-8-12(9-7-11)18-19-14-10-21-15-5-3-2-4-13(15)16(20)17(14)22-18/h2-9H,10H2,1H3. The summed E-state index contributed by atoms with van der Waals surface area (Å²) in [5, 5.41) is 0. The second kappa shape index (κ2) is 5.54. The van der Waals surface area contributed by atoms with Crippen molar-refractivity contribution in [2.45, 2.75) is 17.6 Å². The first-order valence-electron chi connectivity index (χ1n) is 7.05. The number of fused-ring (bicyclic) bond motifs is 2. The van der Waals surface area contributed by atoms with E-state index in [-0.39, 0.29) is 20.3 Å². The first kappa shape index (κ1) is 14.0. The van der Waals surface area contributed by atoms with Crippen molar-refractivity contribution in [2.75, 3.05) is 0 Å². The Balaban J connectivity index is 1.80. The molecule has 0 saturated carbocycles. The van der Waals surface area contributed by atoms with Gasteiger partial charge in [-0.15, -0.1) is 0 Å². The Kier molecular flexibility index (Phi) is 3.53. The molecule has 2 aromatic carbocycles. The van der Waals surface area contributed by atoms with E-state index in [1.54, 1.807) is 11.8 Å². The van der Waals surface area contributed by atoms with Crippen LogP contribution in [0.1, 0.15) is 26.1 Å². The molecule has 0 unspecified atom stereocenters. The number of nitrogens with zero attached hydrogens (tertiary/aromatic N) is 1. The van der Waals surface area contributed by atoms with Crippen molar-refractivity contribution in [1.29, 1.82) is 0 Å². The summed E-state index contributed by atoms with van der Waals surface area (Å²) >= 11 is 1.71. The van der Waals surface area contributed by atoms with E-state index in [0.717, 1.165) is 36.5 Å². The van der Waals surface area contributed by atoms with Crippen LogP contribution in [0.4, 0.5) is 0 Å². The van der Waals surface area contributed by atoms with Crippen LogP contribution in [0.5, 0.6) is 0 Å². The monoisotopic (exact) mass is 371 g/mol. The summed E-state index contributed by atoms with van der Waals surface area (Å²) in [5.41, 5.74) is 4.19. The molecular weight excluding hydrogens is 357 g/mol. The van der Waals surface area contributed by atoms with Crippen LogP contribution in [0.15, 0.2) is 53.4 Å². The van der Waals surface area contributed by atoms with Crippen LogP contribution in [0, 0.1) is 6.92 Å². The summed E-state index contributed by atoms with van der Waals surface area (Å²) in [6.45, 7) is 2.08. The molecular formula is C18H13NOSSe. The van der Waals surface area contributed by atoms with E-state index in [1.165, 1.54) is 5.56 Å². The Hall–Kier alpha value is -1.61. The average molecular weight is 370 g/mol. The van der Waals surface area contributed by atoms with Crippen LogP contribution in [-0.2, 0) is 5.75 Å². The molecule has 1 aliphatic rings. The summed E-state index contributed by atoms with van der Waals surface area (Å²) in [6.07, 6.45) is 0. The fourth-order valence-corrected chi connectivity index (χ4v) is 5.88. The van der Waals surface area contributed by atoms with E-state index >= 15 is 0 Å². The van der Waals surface area contributed by atoms with Crippen molar-refractivity contribution in [3.8, 4) is 10.1 Å². The number of hydrogen-bond donors (Lipinski definition) is 0. The fraction of sp³-hybridized carbons (Fsp3) is 0.111. The number of aryl methyl sites for hydroxylation is 1. The van der Waals surface area contributed by atoms with Gasteiger partial charge in [-0.2, -0.15) is 0 Å². The van der Waals surface area contributed by atoms with Crippen LogP contribution in [0.2, 0.25) is 0 Å². The molecule has 0 spiro atoms. The van der Waals surface area contributed by atoms with Gasteiger partial charge in [-0.1, -0.05) is 0 Å². The molecule has 1 aromatic heterocycles. The number of rotatable bonds is 1. The number of carbonyl (C=O) groups is 1. The molecule has 0 N–H and O–H groups in total. The van der Waals surface area contributed by atoms with Gasteiger partial charge in [-0.05, 0) is 0 Å². The Bertz CT molecular complexity index is 867. The van der Waals surface area contributed by atoms with Gasteiger partial charge in [0.05, 0.1) is 0 Å². The summed E-state index contributed by atoms with van der Waals surface area (Å²) in [7, 11) is 0. The van der Waals surface area contributed by atoms with Crippen LogP contribution >= 0.6 is 11.8 Å². The van der Waals surface area contributed by atoms with Crippen LogP contribution in [0.3, 0.4) is 0 Å². The van der Waals surface area contributed by atoms with E-state index in [9.17, 15) is 4.79 Å². The van der Waals surface area contributed by atoms with Crippen molar-refractivity contribution in [3.05, 3.63) is 69.8 Å². The zero-order valence-corrected chi connectivity index (χ0v) is 14.5. The minimum absolute atomic E-state index is 0.000311. The first-order valence-corrected chi connectivity index (χ1v) is 9.75. The summed E-state index contributed by atoms with van der Waals surface area (Å²) in [6, 6.07) is 16.3. The van der Waals surface area contributed by atoms with Gasteiger partial charge in [0, 0.05) is 0 Å². The van der Waals surface area contributed by atoms with Crippen molar-refractivity contribution in [3.63, 3.8) is 0 Å². The molecule has 0 amide bonds. The number of hydrogen-bond acceptors (Lipinski definition) is 3. The van der Waals surface area contributed by atoms with Gasteiger partial charge in [0.2, 0.25) is 0 Å². The number of thioether (sulfide) groups is 1. The quantitative estimate of drug-likeness (QED) is 0.608. The molecule has 22 heavy (non-hydrogen) atoms.